The maximum Gasteiger partial charge on any atom is 0.318 e. The Hall–Kier alpha value is -1.93. The van der Waals surface area contributed by atoms with E-state index in [0.717, 1.165) is 24.1 Å². The number of likely N-dealkylation sites (tertiary alicyclic amines) is 1. The van der Waals surface area contributed by atoms with Crippen LogP contribution in [0.4, 0.5) is 4.79 Å². The summed E-state index contributed by atoms with van der Waals surface area (Å²) in [6, 6.07) is 3.77. The number of rotatable bonds is 6. The van der Waals surface area contributed by atoms with Crippen LogP contribution < -0.4 is 5.32 Å². The molecule has 1 fully saturated rings. The summed E-state index contributed by atoms with van der Waals surface area (Å²) in [4.78, 5) is 19.9. The summed E-state index contributed by atoms with van der Waals surface area (Å²) < 4.78 is 10.4. The highest BCUT2D eigenvalue weighted by Gasteiger charge is 2.32. The largest absolute Gasteiger partial charge is 0.384 e. The molecule has 1 unspecified atom stereocenters. The van der Waals surface area contributed by atoms with E-state index in [9.17, 15) is 4.79 Å². The van der Waals surface area contributed by atoms with E-state index in [4.69, 9.17) is 9.26 Å². The number of piperidine rings is 1. The van der Waals surface area contributed by atoms with Crippen molar-refractivity contribution in [2.45, 2.75) is 38.3 Å². The molecule has 24 heavy (non-hydrogen) atoms. The minimum Gasteiger partial charge on any atom is -0.384 e. The van der Waals surface area contributed by atoms with E-state index in [1.165, 1.54) is 0 Å². The lowest BCUT2D eigenvalue weighted by molar-refractivity contribution is 0.131. The number of carbonyl (C=O) groups is 1. The van der Waals surface area contributed by atoms with Gasteiger partial charge < -0.3 is 19.5 Å². The Kier molecular flexibility index (Phi) is 5.81. The number of amides is 2. The molecule has 0 radical (unpaired) electrons. The van der Waals surface area contributed by atoms with Crippen molar-refractivity contribution in [3.63, 3.8) is 0 Å². The number of hydrogen-bond donors (Lipinski definition) is 1. The van der Waals surface area contributed by atoms with Gasteiger partial charge in [0.2, 0.25) is 5.89 Å². The van der Waals surface area contributed by atoms with Gasteiger partial charge in [-0.3, -0.25) is 0 Å². The van der Waals surface area contributed by atoms with Gasteiger partial charge in [-0.1, -0.05) is 11.2 Å². The summed E-state index contributed by atoms with van der Waals surface area (Å²) in [5.74, 6) is 1.14. The van der Waals surface area contributed by atoms with Gasteiger partial charge in [0.1, 0.15) is 6.04 Å². The zero-order valence-corrected chi connectivity index (χ0v) is 14.6. The van der Waals surface area contributed by atoms with Gasteiger partial charge in [0, 0.05) is 25.0 Å². The summed E-state index contributed by atoms with van der Waals surface area (Å²) in [5.41, 5.74) is 0. The third kappa shape index (κ3) is 4.12. The molecular formula is C16H22N4O3S. The highest BCUT2D eigenvalue weighted by atomic mass is 32.1. The molecule has 1 aliphatic rings. The highest BCUT2D eigenvalue weighted by molar-refractivity contribution is 7.09. The Bertz CT molecular complexity index is 644. The smallest absolute Gasteiger partial charge is 0.318 e. The third-order valence-corrected chi connectivity index (χ3v) is 4.93. The van der Waals surface area contributed by atoms with E-state index in [1.807, 2.05) is 22.4 Å². The van der Waals surface area contributed by atoms with Crippen LogP contribution in [0.25, 0.3) is 0 Å². The predicted molar refractivity (Wildman–Crippen MR) is 89.7 cm³/mol. The van der Waals surface area contributed by atoms with E-state index in [2.05, 4.69) is 15.5 Å². The van der Waals surface area contributed by atoms with Gasteiger partial charge in [-0.15, -0.1) is 11.3 Å². The lowest BCUT2D eigenvalue weighted by Gasteiger charge is -2.33. The molecule has 1 saturated heterocycles. The van der Waals surface area contributed by atoms with Crippen LogP contribution in [0.1, 0.15) is 41.9 Å². The number of methoxy groups -OCH3 is 1. The van der Waals surface area contributed by atoms with Crippen molar-refractivity contribution >= 4 is 17.4 Å². The molecule has 130 valence electrons. The molecule has 1 N–H and O–H groups in total. The van der Waals surface area contributed by atoms with Gasteiger partial charge in [0.15, 0.2) is 5.82 Å². The van der Waals surface area contributed by atoms with Crippen molar-refractivity contribution in [2.75, 3.05) is 20.3 Å². The molecule has 7 nitrogen and oxygen atoms in total. The normalized spacial score (nSPS) is 17.9. The third-order valence-electron chi connectivity index (χ3n) is 4.06. The number of ether oxygens (including phenoxy) is 1. The van der Waals surface area contributed by atoms with Gasteiger partial charge >= 0.3 is 6.03 Å². The minimum atomic E-state index is -0.147. The zero-order chi connectivity index (χ0) is 16.8. The molecular weight excluding hydrogens is 328 g/mol. The first-order chi connectivity index (χ1) is 11.8. The van der Waals surface area contributed by atoms with Crippen LogP contribution in [0.2, 0.25) is 0 Å². The fourth-order valence-corrected chi connectivity index (χ4v) is 3.45. The zero-order valence-electron chi connectivity index (χ0n) is 13.7. The van der Waals surface area contributed by atoms with Crippen molar-refractivity contribution in [3.8, 4) is 0 Å². The number of nitrogens with one attached hydrogen (secondary N) is 1. The number of urea groups is 1. The summed E-state index contributed by atoms with van der Waals surface area (Å²) in [6.45, 7) is 1.80. The molecule has 8 heteroatoms. The van der Waals surface area contributed by atoms with Crippen LogP contribution in [-0.4, -0.2) is 41.3 Å². The summed E-state index contributed by atoms with van der Waals surface area (Å²) in [6.07, 6.45) is 3.50. The molecule has 0 spiro atoms. The maximum atomic E-state index is 12.6. The molecule has 0 saturated carbocycles. The second kappa shape index (κ2) is 8.25. The molecule has 3 heterocycles. The Labute approximate surface area is 145 Å². The average Bonchev–Trinajstić information content (AvgIpc) is 3.29. The lowest BCUT2D eigenvalue weighted by Crippen LogP contribution is -2.44. The van der Waals surface area contributed by atoms with E-state index in [-0.39, 0.29) is 12.1 Å². The van der Waals surface area contributed by atoms with Crippen LogP contribution >= 0.6 is 11.3 Å². The molecule has 1 aliphatic heterocycles. The quantitative estimate of drug-likeness (QED) is 0.866. The Morgan fingerprint density at radius 1 is 1.54 bits per heavy atom. The Morgan fingerprint density at radius 3 is 3.25 bits per heavy atom. The van der Waals surface area contributed by atoms with Gasteiger partial charge in [0.05, 0.1) is 13.2 Å². The van der Waals surface area contributed by atoms with Gasteiger partial charge in [-0.2, -0.15) is 4.98 Å². The first kappa shape index (κ1) is 16.9. The van der Waals surface area contributed by atoms with E-state index in [0.29, 0.717) is 37.8 Å². The Balaban J connectivity index is 1.63. The monoisotopic (exact) mass is 350 g/mol. The van der Waals surface area contributed by atoms with E-state index in [1.54, 1.807) is 18.4 Å². The fraction of sp³-hybridized carbons (Fsp3) is 0.562. The number of carbonyl (C=O) groups excluding carboxylic acids is 1. The second-order valence-electron chi connectivity index (χ2n) is 5.73. The van der Waals surface area contributed by atoms with Crippen molar-refractivity contribution in [1.82, 2.24) is 20.4 Å². The van der Waals surface area contributed by atoms with Gasteiger partial charge in [0.25, 0.3) is 0 Å². The topological polar surface area (TPSA) is 80.5 Å². The number of aromatic nitrogens is 2. The summed E-state index contributed by atoms with van der Waals surface area (Å²) >= 11 is 1.63. The Morgan fingerprint density at radius 2 is 2.46 bits per heavy atom. The number of nitrogens with zero attached hydrogens (tertiary/aromatic N) is 3. The fourth-order valence-electron chi connectivity index (χ4n) is 2.81. The van der Waals surface area contributed by atoms with Crippen LogP contribution in [0, 0.1) is 0 Å². The number of hydrogen-bond acceptors (Lipinski definition) is 6. The minimum absolute atomic E-state index is 0.0789. The SMILES string of the molecule is COCCc1noc(C2CCCCN2C(=O)NCc2cccs2)n1. The highest BCUT2D eigenvalue weighted by Crippen LogP contribution is 2.30. The predicted octanol–water partition coefficient (Wildman–Crippen LogP) is 2.76. The molecule has 2 aromatic heterocycles. The van der Waals surface area contributed by atoms with Crippen molar-refractivity contribution in [2.24, 2.45) is 0 Å². The van der Waals surface area contributed by atoms with Crippen molar-refractivity contribution in [3.05, 3.63) is 34.1 Å². The van der Waals surface area contributed by atoms with E-state index >= 15 is 0 Å². The van der Waals surface area contributed by atoms with E-state index < -0.39 is 0 Å². The maximum absolute atomic E-state index is 12.6. The molecule has 2 amide bonds. The van der Waals surface area contributed by atoms with Crippen LogP contribution in [0.5, 0.6) is 0 Å². The molecule has 3 rings (SSSR count). The van der Waals surface area contributed by atoms with Gasteiger partial charge in [-0.05, 0) is 30.7 Å². The second-order valence-corrected chi connectivity index (χ2v) is 6.77. The first-order valence-electron chi connectivity index (χ1n) is 8.16. The summed E-state index contributed by atoms with van der Waals surface area (Å²) in [7, 11) is 1.64. The number of thiophene rings is 1. The van der Waals surface area contributed by atoms with Crippen molar-refractivity contribution < 1.29 is 14.1 Å². The molecule has 0 bridgehead atoms. The van der Waals surface area contributed by atoms with Crippen LogP contribution in [0.15, 0.2) is 22.0 Å². The average molecular weight is 350 g/mol. The lowest BCUT2D eigenvalue weighted by atomic mass is 10.0. The summed E-state index contributed by atoms with van der Waals surface area (Å²) in [5, 5.41) is 8.97. The van der Waals surface area contributed by atoms with Crippen molar-refractivity contribution in [1.29, 1.82) is 0 Å². The molecule has 0 aliphatic carbocycles. The van der Waals surface area contributed by atoms with Crippen LogP contribution in [-0.2, 0) is 17.7 Å². The van der Waals surface area contributed by atoms with Crippen LogP contribution in [0.3, 0.4) is 0 Å². The van der Waals surface area contributed by atoms with Gasteiger partial charge in [-0.25, -0.2) is 4.79 Å². The first-order valence-corrected chi connectivity index (χ1v) is 9.04. The molecule has 1 atom stereocenters. The molecule has 2 aromatic rings. The standard InChI is InChI=1S/C16H22N4O3S/c1-22-9-7-14-18-15(23-19-14)13-6-2-3-8-20(13)16(21)17-11-12-5-4-10-24-12/h4-5,10,13H,2-3,6-9,11H2,1H3,(H,17,21). The molecule has 0 aromatic carbocycles.